The maximum atomic E-state index is 12.5. The Morgan fingerprint density at radius 1 is 1.50 bits per heavy atom. The molecule has 0 aliphatic heterocycles. The quantitative estimate of drug-likeness (QED) is 0.744. The van der Waals surface area contributed by atoms with Crippen molar-refractivity contribution in [1.82, 2.24) is 4.98 Å². The topological polar surface area (TPSA) is 39.2 Å². The predicted octanol–water partition coefficient (Wildman–Crippen LogP) is 2.38. The fourth-order valence-corrected chi connectivity index (χ4v) is 1.60. The average Bonchev–Trinajstić information content (AvgIpc) is 2.15. The number of aromatic nitrogens is 1. The lowest BCUT2D eigenvalue weighted by Crippen LogP contribution is -2.43. The van der Waals surface area contributed by atoms with Gasteiger partial charge in [-0.25, -0.2) is 13.8 Å². The van der Waals surface area contributed by atoms with E-state index in [2.05, 4.69) is 4.98 Å². The maximum Gasteiger partial charge on any atom is 0.255 e. The van der Waals surface area contributed by atoms with Crippen molar-refractivity contribution in [3.63, 3.8) is 0 Å². The summed E-state index contributed by atoms with van der Waals surface area (Å²) in [6.45, 7) is 1.67. The summed E-state index contributed by atoms with van der Waals surface area (Å²) >= 11 is 0. The molecule has 0 atom stereocenters. The smallest absolute Gasteiger partial charge is 0.255 e. The van der Waals surface area contributed by atoms with Crippen LogP contribution in [-0.4, -0.2) is 23.3 Å². The molecule has 5 heteroatoms. The van der Waals surface area contributed by atoms with Crippen molar-refractivity contribution in [2.75, 3.05) is 0 Å². The minimum absolute atomic E-state index is 0.261. The number of alkyl halides is 2. The molecule has 1 aliphatic carbocycles. The Hall–Kier alpha value is -1.52. The van der Waals surface area contributed by atoms with Gasteiger partial charge in [-0.05, 0) is 13.0 Å². The zero-order valence-electron chi connectivity index (χ0n) is 8.74. The highest BCUT2D eigenvalue weighted by molar-refractivity contribution is 5.76. The Kier molecular flexibility index (Phi) is 2.61. The van der Waals surface area contributed by atoms with E-state index in [0.29, 0.717) is 23.4 Å². The summed E-state index contributed by atoms with van der Waals surface area (Å²) in [4.78, 5) is 14.5. The molecule has 1 aromatic rings. The minimum Gasteiger partial charge on any atom is -0.474 e. The molecule has 0 spiro atoms. The molecule has 0 unspecified atom stereocenters. The van der Waals surface area contributed by atoms with Gasteiger partial charge in [0.2, 0.25) is 5.88 Å². The molecular formula is C11H11F2NO2. The average molecular weight is 227 g/mol. The van der Waals surface area contributed by atoms with Crippen LogP contribution in [0.1, 0.15) is 28.9 Å². The number of rotatable bonds is 3. The zero-order chi connectivity index (χ0) is 11.8. The van der Waals surface area contributed by atoms with Crippen LogP contribution in [-0.2, 0) is 0 Å². The molecule has 3 nitrogen and oxygen atoms in total. The fourth-order valence-electron chi connectivity index (χ4n) is 1.60. The number of halogens is 2. The van der Waals surface area contributed by atoms with Crippen LogP contribution in [0, 0.1) is 6.92 Å². The number of hydrogen-bond acceptors (Lipinski definition) is 3. The van der Waals surface area contributed by atoms with Gasteiger partial charge in [0.15, 0.2) is 6.29 Å². The van der Waals surface area contributed by atoms with Gasteiger partial charge in [0.05, 0.1) is 5.69 Å². The number of nitrogens with zero attached hydrogens (tertiary/aromatic N) is 1. The van der Waals surface area contributed by atoms with Crippen molar-refractivity contribution in [3.8, 4) is 5.88 Å². The monoisotopic (exact) mass is 227 g/mol. The Morgan fingerprint density at radius 3 is 2.69 bits per heavy atom. The molecule has 1 aliphatic rings. The SMILES string of the molecule is Cc1nc(OC2CC(F)(F)C2)ccc1C=O. The summed E-state index contributed by atoms with van der Waals surface area (Å²) in [6.07, 6.45) is -0.292. The summed E-state index contributed by atoms with van der Waals surface area (Å²) < 4.78 is 30.3. The van der Waals surface area contributed by atoms with E-state index >= 15 is 0 Å². The molecule has 0 N–H and O–H groups in total. The van der Waals surface area contributed by atoms with Crippen LogP contribution < -0.4 is 4.74 Å². The van der Waals surface area contributed by atoms with Crippen LogP contribution in [0.4, 0.5) is 8.78 Å². The molecule has 1 heterocycles. The molecule has 1 fully saturated rings. The van der Waals surface area contributed by atoms with Crippen molar-refractivity contribution >= 4 is 6.29 Å². The van der Waals surface area contributed by atoms with E-state index in [1.807, 2.05) is 0 Å². The second-order valence-electron chi connectivity index (χ2n) is 3.95. The first-order valence-corrected chi connectivity index (χ1v) is 4.97. The predicted molar refractivity (Wildman–Crippen MR) is 53.0 cm³/mol. The molecule has 0 amide bonds. The number of carbonyl (C=O) groups excluding carboxylic acids is 1. The van der Waals surface area contributed by atoms with Gasteiger partial charge in [0, 0.05) is 24.5 Å². The maximum absolute atomic E-state index is 12.5. The molecule has 1 aromatic heterocycles. The molecule has 16 heavy (non-hydrogen) atoms. The molecule has 0 radical (unpaired) electrons. The van der Waals surface area contributed by atoms with Gasteiger partial charge in [0.25, 0.3) is 5.92 Å². The van der Waals surface area contributed by atoms with Crippen LogP contribution in [0.15, 0.2) is 12.1 Å². The zero-order valence-corrected chi connectivity index (χ0v) is 8.74. The number of pyridine rings is 1. The number of aryl methyl sites for hydroxylation is 1. The van der Waals surface area contributed by atoms with Gasteiger partial charge in [-0.3, -0.25) is 4.79 Å². The third-order valence-electron chi connectivity index (χ3n) is 2.57. The molecule has 2 rings (SSSR count). The van der Waals surface area contributed by atoms with E-state index in [9.17, 15) is 13.6 Å². The van der Waals surface area contributed by atoms with Gasteiger partial charge in [0.1, 0.15) is 6.10 Å². The summed E-state index contributed by atoms with van der Waals surface area (Å²) in [5, 5.41) is 0. The molecule has 1 saturated carbocycles. The lowest BCUT2D eigenvalue weighted by molar-refractivity contribution is -0.135. The van der Waals surface area contributed by atoms with Gasteiger partial charge >= 0.3 is 0 Å². The van der Waals surface area contributed by atoms with Crippen molar-refractivity contribution in [3.05, 3.63) is 23.4 Å². The van der Waals surface area contributed by atoms with E-state index in [1.165, 1.54) is 6.07 Å². The van der Waals surface area contributed by atoms with E-state index in [4.69, 9.17) is 4.74 Å². The Morgan fingerprint density at radius 2 is 2.19 bits per heavy atom. The van der Waals surface area contributed by atoms with E-state index in [-0.39, 0.29) is 12.8 Å². The first-order valence-electron chi connectivity index (χ1n) is 4.97. The van der Waals surface area contributed by atoms with Crippen LogP contribution in [0.2, 0.25) is 0 Å². The summed E-state index contributed by atoms with van der Waals surface area (Å²) in [5.41, 5.74) is 1.02. The normalized spacial score (nSPS) is 18.9. The van der Waals surface area contributed by atoms with Crippen molar-refractivity contribution in [2.24, 2.45) is 0 Å². The lowest BCUT2D eigenvalue weighted by Gasteiger charge is -2.34. The first-order chi connectivity index (χ1) is 7.50. The Labute approximate surface area is 91.4 Å². The van der Waals surface area contributed by atoms with Gasteiger partial charge < -0.3 is 4.74 Å². The van der Waals surface area contributed by atoms with Crippen LogP contribution in [0.3, 0.4) is 0 Å². The van der Waals surface area contributed by atoms with Crippen molar-refractivity contribution < 1.29 is 18.3 Å². The first kappa shape index (κ1) is 11.0. The second-order valence-corrected chi connectivity index (χ2v) is 3.95. The molecule has 0 aromatic carbocycles. The van der Waals surface area contributed by atoms with Gasteiger partial charge in [-0.15, -0.1) is 0 Å². The molecule has 0 bridgehead atoms. The highest BCUT2D eigenvalue weighted by atomic mass is 19.3. The Balaban J connectivity index is 2.01. The number of aldehydes is 1. The number of ether oxygens (including phenoxy) is 1. The molecular weight excluding hydrogens is 216 g/mol. The standard InChI is InChI=1S/C11H11F2NO2/c1-7-8(6-15)2-3-10(14-7)16-9-4-11(12,13)5-9/h2-3,6,9H,4-5H2,1H3. The van der Waals surface area contributed by atoms with Crippen molar-refractivity contribution in [1.29, 1.82) is 0 Å². The van der Waals surface area contributed by atoms with Gasteiger partial charge in [-0.2, -0.15) is 0 Å². The lowest BCUT2D eigenvalue weighted by atomic mass is 9.91. The van der Waals surface area contributed by atoms with E-state index < -0.39 is 12.0 Å². The van der Waals surface area contributed by atoms with Crippen LogP contribution in [0.5, 0.6) is 5.88 Å². The summed E-state index contributed by atoms with van der Waals surface area (Å²) in [6, 6.07) is 3.09. The third kappa shape index (κ3) is 2.18. The van der Waals surface area contributed by atoms with Crippen molar-refractivity contribution in [2.45, 2.75) is 31.8 Å². The second kappa shape index (κ2) is 3.81. The fraction of sp³-hybridized carbons (Fsp3) is 0.455. The number of hydrogen-bond donors (Lipinski definition) is 0. The third-order valence-corrected chi connectivity index (χ3v) is 2.57. The van der Waals surface area contributed by atoms with Gasteiger partial charge in [-0.1, -0.05) is 0 Å². The highest BCUT2D eigenvalue weighted by Gasteiger charge is 2.47. The largest absolute Gasteiger partial charge is 0.474 e. The summed E-state index contributed by atoms with van der Waals surface area (Å²) in [5.74, 6) is -2.30. The minimum atomic E-state index is -2.59. The number of carbonyl (C=O) groups is 1. The molecule has 0 saturated heterocycles. The highest BCUT2D eigenvalue weighted by Crippen LogP contribution is 2.39. The molecule has 86 valence electrons. The van der Waals surface area contributed by atoms with E-state index in [1.54, 1.807) is 13.0 Å². The van der Waals surface area contributed by atoms with E-state index in [0.717, 1.165) is 0 Å². The summed E-state index contributed by atoms with van der Waals surface area (Å²) in [7, 11) is 0. The van der Waals surface area contributed by atoms with Crippen LogP contribution in [0.25, 0.3) is 0 Å². The van der Waals surface area contributed by atoms with Crippen LogP contribution >= 0.6 is 0 Å². The Bertz CT molecular complexity index is 412.